The number of halogens is 5. The van der Waals surface area contributed by atoms with Gasteiger partial charge in [-0.3, -0.25) is 4.55 Å². The van der Waals surface area contributed by atoms with Crippen molar-refractivity contribution in [3.05, 3.63) is 35.0 Å². The van der Waals surface area contributed by atoms with Crippen molar-refractivity contribution in [3.63, 3.8) is 0 Å². The summed E-state index contributed by atoms with van der Waals surface area (Å²) in [4.78, 5) is 6.64. The molecule has 2 rings (SSSR count). The van der Waals surface area contributed by atoms with Crippen LogP contribution < -0.4 is 11.1 Å². The Bertz CT molecular complexity index is 905. The van der Waals surface area contributed by atoms with Gasteiger partial charge in [-0.1, -0.05) is 46.4 Å². The average molecular weight is 436 g/mol. The smallest absolute Gasteiger partial charge is 0.296 e. The van der Waals surface area contributed by atoms with Crippen LogP contribution in [0.25, 0.3) is 0 Å². The van der Waals surface area contributed by atoms with E-state index in [0.717, 1.165) is 12.1 Å². The van der Waals surface area contributed by atoms with Crippen LogP contribution in [0.15, 0.2) is 23.1 Å². The molecule has 1 aromatic carbocycles. The van der Waals surface area contributed by atoms with Crippen LogP contribution in [0.4, 0.5) is 21.6 Å². The first-order valence-electron chi connectivity index (χ1n) is 5.84. The monoisotopic (exact) mass is 434 g/mol. The van der Waals surface area contributed by atoms with E-state index >= 15 is 0 Å². The summed E-state index contributed by atoms with van der Waals surface area (Å²) in [7, 11) is -4.48. The van der Waals surface area contributed by atoms with Gasteiger partial charge in [-0.15, -0.1) is 0 Å². The van der Waals surface area contributed by atoms with Crippen LogP contribution in [0.3, 0.4) is 0 Å². The van der Waals surface area contributed by atoms with Crippen LogP contribution in [0, 0.1) is 5.95 Å². The van der Waals surface area contributed by atoms with Crippen molar-refractivity contribution in [2.24, 2.45) is 0 Å². The number of aromatic nitrogens is 2. The van der Waals surface area contributed by atoms with Gasteiger partial charge in [0.15, 0.2) is 11.6 Å². The molecule has 0 radical (unpaired) electrons. The van der Waals surface area contributed by atoms with Crippen molar-refractivity contribution < 1.29 is 17.4 Å². The summed E-state index contributed by atoms with van der Waals surface area (Å²) in [5, 5.41) is 2.11. The molecular formula is C11H7Cl4FN4O3S. The zero-order valence-electron chi connectivity index (χ0n) is 11.3. The molecule has 0 aliphatic carbocycles. The number of alkyl halides is 3. The Balaban J connectivity index is 2.45. The number of nitrogens with zero attached hydrogens (tertiary/aromatic N) is 2. The van der Waals surface area contributed by atoms with Crippen molar-refractivity contribution in [3.8, 4) is 0 Å². The molecule has 13 heteroatoms. The van der Waals surface area contributed by atoms with E-state index in [1.807, 2.05) is 0 Å². The molecule has 0 spiro atoms. The fourth-order valence-electron chi connectivity index (χ4n) is 1.63. The van der Waals surface area contributed by atoms with Crippen LogP contribution in [0.2, 0.25) is 5.02 Å². The molecule has 24 heavy (non-hydrogen) atoms. The van der Waals surface area contributed by atoms with Crippen molar-refractivity contribution in [2.75, 3.05) is 11.1 Å². The average Bonchev–Trinajstić information content (AvgIpc) is 2.41. The summed E-state index contributed by atoms with van der Waals surface area (Å²) < 4.78 is 42.8. The molecule has 0 aliphatic heterocycles. The number of anilines is 3. The van der Waals surface area contributed by atoms with Crippen LogP contribution in [-0.2, 0) is 13.9 Å². The van der Waals surface area contributed by atoms with Crippen molar-refractivity contribution >= 4 is 73.7 Å². The van der Waals surface area contributed by atoms with E-state index in [1.165, 1.54) is 6.07 Å². The Morgan fingerprint density at radius 1 is 1.25 bits per heavy atom. The van der Waals surface area contributed by atoms with Gasteiger partial charge in [-0.25, -0.2) is 4.98 Å². The van der Waals surface area contributed by atoms with Crippen LogP contribution >= 0.6 is 46.4 Å². The summed E-state index contributed by atoms with van der Waals surface area (Å²) in [6.07, 6.45) is 0. The Labute approximate surface area is 155 Å². The zero-order valence-corrected chi connectivity index (χ0v) is 15.1. The number of benzene rings is 1. The predicted octanol–water partition coefficient (Wildman–Crippen LogP) is 3.67. The highest BCUT2D eigenvalue weighted by Gasteiger charge is 2.29. The lowest BCUT2D eigenvalue weighted by atomic mass is 10.3. The molecule has 0 amide bonds. The minimum Gasteiger partial charge on any atom is -0.398 e. The minimum absolute atomic E-state index is 0.190. The molecule has 130 valence electrons. The summed E-state index contributed by atoms with van der Waals surface area (Å²) in [5.74, 6) is -1.82. The maximum absolute atomic E-state index is 13.7. The third-order valence-electron chi connectivity index (χ3n) is 2.61. The molecule has 0 saturated carbocycles. The van der Waals surface area contributed by atoms with E-state index in [4.69, 9.17) is 56.7 Å². The van der Waals surface area contributed by atoms with Gasteiger partial charge in [0.25, 0.3) is 10.1 Å². The summed E-state index contributed by atoms with van der Waals surface area (Å²) in [6.45, 7) is 0. The Kier molecular flexibility index (Phi) is 5.34. The SMILES string of the molecule is Nc1cc(Nc2nc(C(Cl)(Cl)Cl)nc(F)c2Cl)ccc1S(=O)(=O)O. The van der Waals surface area contributed by atoms with E-state index in [1.54, 1.807) is 0 Å². The van der Waals surface area contributed by atoms with E-state index in [9.17, 15) is 12.8 Å². The number of rotatable bonds is 3. The topological polar surface area (TPSA) is 118 Å². The van der Waals surface area contributed by atoms with Gasteiger partial charge in [0, 0.05) is 5.69 Å². The second-order valence-electron chi connectivity index (χ2n) is 4.35. The molecule has 0 fully saturated rings. The third kappa shape index (κ3) is 4.29. The molecule has 4 N–H and O–H groups in total. The summed E-state index contributed by atoms with van der Waals surface area (Å²) in [5.41, 5.74) is 5.48. The quantitative estimate of drug-likeness (QED) is 0.291. The number of nitrogen functional groups attached to an aromatic ring is 1. The highest BCUT2D eigenvalue weighted by atomic mass is 35.6. The molecule has 0 saturated heterocycles. The van der Waals surface area contributed by atoms with Crippen molar-refractivity contribution in [2.45, 2.75) is 8.69 Å². The lowest BCUT2D eigenvalue weighted by molar-refractivity contribution is 0.483. The van der Waals surface area contributed by atoms with E-state index in [2.05, 4.69) is 15.3 Å². The highest BCUT2D eigenvalue weighted by molar-refractivity contribution is 7.86. The molecule has 1 heterocycles. The number of nitrogens with two attached hydrogens (primary N) is 1. The molecule has 0 bridgehead atoms. The molecule has 7 nitrogen and oxygen atoms in total. The molecule has 1 aromatic heterocycles. The van der Waals surface area contributed by atoms with Gasteiger partial charge in [0.2, 0.25) is 9.74 Å². The van der Waals surface area contributed by atoms with Crippen molar-refractivity contribution in [1.82, 2.24) is 9.97 Å². The number of hydrogen-bond acceptors (Lipinski definition) is 6. The Morgan fingerprint density at radius 3 is 2.38 bits per heavy atom. The van der Waals surface area contributed by atoms with Gasteiger partial charge in [0.05, 0.1) is 5.69 Å². The molecule has 0 aliphatic rings. The Hall–Kier alpha value is -1.10. The second-order valence-corrected chi connectivity index (χ2v) is 8.40. The first-order valence-corrected chi connectivity index (χ1v) is 8.79. The fraction of sp³-hybridized carbons (Fsp3) is 0.0909. The van der Waals surface area contributed by atoms with Gasteiger partial charge in [0.1, 0.15) is 9.92 Å². The first kappa shape index (κ1) is 19.2. The molecule has 0 atom stereocenters. The van der Waals surface area contributed by atoms with Crippen molar-refractivity contribution in [1.29, 1.82) is 0 Å². The lowest BCUT2D eigenvalue weighted by Crippen LogP contribution is -2.11. The number of nitrogens with one attached hydrogen (secondary N) is 1. The zero-order chi connectivity index (χ0) is 18.3. The van der Waals surface area contributed by atoms with E-state index in [0.29, 0.717) is 0 Å². The summed E-state index contributed by atoms with van der Waals surface area (Å²) >= 11 is 22.6. The normalized spacial score (nSPS) is 12.2. The van der Waals surface area contributed by atoms with E-state index in [-0.39, 0.29) is 17.2 Å². The van der Waals surface area contributed by atoms with Gasteiger partial charge in [-0.2, -0.15) is 17.8 Å². The van der Waals surface area contributed by atoms with Crippen LogP contribution in [0.1, 0.15) is 5.82 Å². The third-order valence-corrected chi connectivity index (χ3v) is 4.38. The van der Waals surface area contributed by atoms with Gasteiger partial charge < -0.3 is 11.1 Å². The molecule has 2 aromatic rings. The first-order chi connectivity index (χ1) is 10.9. The Morgan fingerprint density at radius 2 is 1.88 bits per heavy atom. The largest absolute Gasteiger partial charge is 0.398 e. The second kappa shape index (κ2) is 6.66. The number of hydrogen-bond donors (Lipinski definition) is 3. The fourth-order valence-corrected chi connectivity index (χ4v) is 2.61. The maximum atomic E-state index is 13.7. The van der Waals surface area contributed by atoms with Crippen LogP contribution in [-0.4, -0.2) is 22.9 Å². The minimum atomic E-state index is -4.48. The molecule has 0 unspecified atom stereocenters. The molecular weight excluding hydrogens is 429 g/mol. The summed E-state index contributed by atoms with van der Waals surface area (Å²) in [6, 6.07) is 3.44. The predicted molar refractivity (Wildman–Crippen MR) is 90.2 cm³/mol. The van der Waals surface area contributed by atoms with Crippen LogP contribution in [0.5, 0.6) is 0 Å². The van der Waals surface area contributed by atoms with Gasteiger partial charge >= 0.3 is 0 Å². The standard InChI is InChI=1S/C11H7Cl4FN4O3S/c12-7-8(16)19-10(11(13,14)15)20-9(7)18-4-1-2-6(5(17)3-4)24(21,22)23/h1-3H,17H2,(H,18,19,20)(H,21,22,23). The highest BCUT2D eigenvalue weighted by Crippen LogP contribution is 2.38. The maximum Gasteiger partial charge on any atom is 0.296 e. The van der Waals surface area contributed by atoms with E-state index < -0.39 is 35.6 Å². The lowest BCUT2D eigenvalue weighted by Gasteiger charge is -2.14. The van der Waals surface area contributed by atoms with Gasteiger partial charge in [-0.05, 0) is 18.2 Å².